The molecular weight excluding hydrogens is 369 g/mol. The van der Waals surface area contributed by atoms with E-state index >= 15 is 0 Å². The number of halogens is 1. The molecule has 0 spiro atoms. The Kier molecular flexibility index (Phi) is 5.76. The van der Waals surface area contributed by atoms with Crippen LogP contribution in [0, 0.1) is 5.82 Å². The third-order valence-corrected chi connectivity index (χ3v) is 6.18. The Morgan fingerprint density at radius 1 is 1.19 bits per heavy atom. The van der Waals surface area contributed by atoms with Crippen molar-refractivity contribution in [3.8, 4) is 0 Å². The minimum absolute atomic E-state index is 0.0603. The largest absolute Gasteiger partial charge is 0.359 e. The molecule has 2 N–H and O–H groups in total. The molecule has 1 heterocycles. The van der Waals surface area contributed by atoms with Crippen molar-refractivity contribution in [1.82, 2.24) is 5.32 Å². The number of nitrogens with zero attached hydrogens (tertiary/aromatic N) is 1. The van der Waals surface area contributed by atoms with Crippen molar-refractivity contribution in [2.24, 2.45) is 0 Å². The maximum Gasteiger partial charge on any atom is 0.221 e. The van der Waals surface area contributed by atoms with Crippen molar-refractivity contribution in [2.75, 3.05) is 30.0 Å². The molecule has 0 atom stereocenters. The molecule has 144 valence electrons. The first kappa shape index (κ1) is 19.3. The summed E-state index contributed by atoms with van der Waals surface area (Å²) < 4.78 is 39.5. The Morgan fingerprint density at radius 3 is 2.74 bits per heavy atom. The summed E-state index contributed by atoms with van der Waals surface area (Å²) in [6.45, 7) is 3.73. The fourth-order valence-corrected chi connectivity index (χ4v) is 4.49. The molecule has 0 aliphatic carbocycles. The van der Waals surface area contributed by atoms with Gasteiger partial charge in [-0.15, -0.1) is 0 Å². The van der Waals surface area contributed by atoms with Gasteiger partial charge >= 0.3 is 0 Å². The summed E-state index contributed by atoms with van der Waals surface area (Å²) in [5.74, 6) is -1.01. The Balaban J connectivity index is 2.05. The van der Waals surface area contributed by atoms with E-state index in [1.54, 1.807) is 12.1 Å². The van der Waals surface area contributed by atoms with Crippen LogP contribution in [0.4, 0.5) is 15.8 Å². The van der Waals surface area contributed by atoms with Gasteiger partial charge in [0.25, 0.3) is 0 Å². The molecule has 0 radical (unpaired) electrons. The van der Waals surface area contributed by atoms with Gasteiger partial charge in [0.05, 0.1) is 22.1 Å². The number of carbonyl (C=O) groups is 1. The van der Waals surface area contributed by atoms with E-state index in [0.29, 0.717) is 6.67 Å². The van der Waals surface area contributed by atoms with E-state index in [1.807, 2.05) is 0 Å². The first-order valence-electron chi connectivity index (χ1n) is 8.76. The smallest absolute Gasteiger partial charge is 0.221 e. The van der Waals surface area contributed by atoms with Gasteiger partial charge in [0.15, 0.2) is 0 Å². The van der Waals surface area contributed by atoms with Gasteiger partial charge in [-0.1, -0.05) is 6.07 Å². The van der Waals surface area contributed by atoms with Crippen molar-refractivity contribution < 1.29 is 17.6 Å². The van der Waals surface area contributed by atoms with Gasteiger partial charge in [0.2, 0.25) is 15.7 Å². The molecule has 0 bridgehead atoms. The maximum absolute atomic E-state index is 13.5. The van der Waals surface area contributed by atoms with Crippen molar-refractivity contribution in [3.63, 3.8) is 0 Å². The van der Waals surface area contributed by atoms with Crippen LogP contribution in [-0.2, 0) is 14.6 Å². The highest BCUT2D eigenvalue weighted by molar-refractivity contribution is 7.91. The number of amides is 1. The van der Waals surface area contributed by atoms with Gasteiger partial charge in [-0.05, 0) is 55.8 Å². The van der Waals surface area contributed by atoms with Gasteiger partial charge < -0.3 is 10.2 Å². The van der Waals surface area contributed by atoms with Crippen LogP contribution in [0.1, 0.15) is 19.8 Å². The highest BCUT2D eigenvalue weighted by Gasteiger charge is 2.24. The molecule has 1 fully saturated rings. The Morgan fingerprint density at radius 2 is 2.00 bits per heavy atom. The SMILES string of the molecule is CC(=O)Nc1cc(N2CCCCNC2)ccc1S(=O)(=O)c1cccc(F)c1. The summed E-state index contributed by atoms with van der Waals surface area (Å²) in [6, 6.07) is 9.67. The summed E-state index contributed by atoms with van der Waals surface area (Å²) in [5.41, 5.74) is 1.000. The zero-order valence-corrected chi connectivity index (χ0v) is 15.9. The molecule has 2 aromatic carbocycles. The lowest BCUT2D eigenvalue weighted by atomic mass is 10.2. The Bertz CT molecular complexity index is 939. The summed E-state index contributed by atoms with van der Waals surface area (Å²) in [6.07, 6.45) is 2.09. The molecule has 0 aromatic heterocycles. The zero-order valence-electron chi connectivity index (χ0n) is 15.0. The average Bonchev–Trinajstić information content (AvgIpc) is 2.90. The lowest BCUT2D eigenvalue weighted by molar-refractivity contribution is -0.114. The number of benzene rings is 2. The number of nitrogens with one attached hydrogen (secondary N) is 2. The van der Waals surface area contributed by atoms with Crippen molar-refractivity contribution in [3.05, 3.63) is 48.3 Å². The number of hydrogen-bond acceptors (Lipinski definition) is 5. The number of hydrogen-bond donors (Lipinski definition) is 2. The van der Waals surface area contributed by atoms with E-state index < -0.39 is 15.7 Å². The number of rotatable bonds is 4. The molecule has 6 nitrogen and oxygen atoms in total. The molecule has 8 heteroatoms. The second-order valence-corrected chi connectivity index (χ2v) is 8.37. The van der Waals surface area contributed by atoms with Crippen LogP contribution >= 0.6 is 0 Å². The molecule has 0 unspecified atom stereocenters. The fraction of sp³-hybridized carbons (Fsp3) is 0.316. The molecule has 1 amide bonds. The average molecular weight is 391 g/mol. The van der Waals surface area contributed by atoms with Crippen molar-refractivity contribution in [2.45, 2.75) is 29.6 Å². The number of anilines is 2. The van der Waals surface area contributed by atoms with E-state index in [4.69, 9.17) is 0 Å². The van der Waals surface area contributed by atoms with Crippen LogP contribution in [0.5, 0.6) is 0 Å². The van der Waals surface area contributed by atoms with Crippen molar-refractivity contribution in [1.29, 1.82) is 0 Å². The molecule has 3 rings (SSSR count). The number of sulfone groups is 1. The summed E-state index contributed by atoms with van der Waals surface area (Å²) in [4.78, 5) is 13.5. The Labute approximate surface area is 158 Å². The van der Waals surface area contributed by atoms with E-state index in [0.717, 1.165) is 37.7 Å². The summed E-state index contributed by atoms with van der Waals surface area (Å²) in [7, 11) is -3.98. The zero-order chi connectivity index (χ0) is 19.4. The summed E-state index contributed by atoms with van der Waals surface area (Å²) in [5, 5.41) is 5.91. The van der Waals surface area contributed by atoms with Crippen LogP contribution in [-0.4, -0.2) is 34.1 Å². The normalized spacial score (nSPS) is 15.3. The van der Waals surface area contributed by atoms with Crippen LogP contribution in [0.3, 0.4) is 0 Å². The van der Waals surface area contributed by atoms with E-state index in [9.17, 15) is 17.6 Å². The Hall–Kier alpha value is -2.45. The quantitative estimate of drug-likeness (QED) is 0.838. The van der Waals surface area contributed by atoms with Gasteiger partial charge in [0.1, 0.15) is 5.82 Å². The minimum Gasteiger partial charge on any atom is -0.359 e. The van der Waals surface area contributed by atoms with E-state index in [2.05, 4.69) is 15.5 Å². The molecule has 27 heavy (non-hydrogen) atoms. The van der Waals surface area contributed by atoms with E-state index in [-0.39, 0.29) is 21.4 Å². The second-order valence-electron chi connectivity index (χ2n) is 6.45. The molecule has 2 aromatic rings. The molecule has 1 aliphatic heterocycles. The standard InChI is InChI=1S/C19H22FN3O3S/c1-14(24)22-18-12-16(23-10-3-2-9-21-13-23)7-8-19(18)27(25,26)17-6-4-5-15(20)11-17/h4-8,11-12,21H,2-3,9-10,13H2,1H3,(H,22,24). The lowest BCUT2D eigenvalue weighted by Crippen LogP contribution is -2.32. The van der Waals surface area contributed by atoms with Crippen LogP contribution < -0.4 is 15.5 Å². The number of carbonyl (C=O) groups excluding carboxylic acids is 1. The third kappa shape index (κ3) is 4.45. The second kappa shape index (κ2) is 8.06. The monoisotopic (exact) mass is 391 g/mol. The minimum atomic E-state index is -3.98. The van der Waals surface area contributed by atoms with Gasteiger partial charge in [-0.3, -0.25) is 10.1 Å². The summed E-state index contributed by atoms with van der Waals surface area (Å²) >= 11 is 0. The topological polar surface area (TPSA) is 78.5 Å². The highest BCUT2D eigenvalue weighted by Crippen LogP contribution is 2.32. The van der Waals surface area contributed by atoms with Crippen LogP contribution in [0.15, 0.2) is 52.3 Å². The first-order chi connectivity index (χ1) is 12.9. The predicted molar refractivity (Wildman–Crippen MR) is 102 cm³/mol. The highest BCUT2D eigenvalue weighted by atomic mass is 32.2. The van der Waals surface area contributed by atoms with Gasteiger partial charge in [0, 0.05) is 19.2 Å². The van der Waals surface area contributed by atoms with Gasteiger partial charge in [-0.2, -0.15) is 0 Å². The van der Waals surface area contributed by atoms with Crippen molar-refractivity contribution >= 4 is 27.1 Å². The molecule has 0 saturated carbocycles. The van der Waals surface area contributed by atoms with Gasteiger partial charge in [-0.25, -0.2) is 12.8 Å². The van der Waals surface area contributed by atoms with Crippen LogP contribution in [0.2, 0.25) is 0 Å². The predicted octanol–water partition coefficient (Wildman–Crippen LogP) is 2.76. The fourth-order valence-electron chi connectivity index (χ4n) is 3.06. The van der Waals surface area contributed by atoms with Crippen LogP contribution in [0.25, 0.3) is 0 Å². The molecule has 1 aliphatic rings. The molecule has 1 saturated heterocycles. The third-order valence-electron chi connectivity index (χ3n) is 4.37. The lowest BCUT2D eigenvalue weighted by Gasteiger charge is -2.24. The maximum atomic E-state index is 13.5. The first-order valence-corrected chi connectivity index (χ1v) is 10.2. The van der Waals surface area contributed by atoms with E-state index in [1.165, 1.54) is 31.2 Å². The molecular formula is C19H22FN3O3S.